The number of nitrogens with zero attached hydrogens (tertiary/aromatic N) is 1. The van der Waals surface area contributed by atoms with E-state index >= 15 is 0 Å². The molecule has 37 heavy (non-hydrogen) atoms. The van der Waals surface area contributed by atoms with Crippen LogP contribution in [0.3, 0.4) is 0 Å². The number of hydrogen-bond acceptors (Lipinski definition) is 5. The fourth-order valence-corrected chi connectivity index (χ4v) is 6.16. The minimum Gasteiger partial charge on any atom is -0.483 e. The highest BCUT2D eigenvalue weighted by atomic mass is 79.9. The molecule has 3 aliphatic rings. The Morgan fingerprint density at radius 3 is 2.22 bits per heavy atom. The lowest BCUT2D eigenvalue weighted by Crippen LogP contribution is -2.39. The molecule has 0 spiro atoms. The van der Waals surface area contributed by atoms with Crippen molar-refractivity contribution in [2.75, 3.05) is 18.5 Å². The van der Waals surface area contributed by atoms with Crippen molar-refractivity contribution in [2.24, 2.45) is 0 Å². The first-order valence-electron chi connectivity index (χ1n) is 12.6. The number of benzene rings is 2. The first-order valence-corrected chi connectivity index (χ1v) is 13.8. The number of amides is 1. The first-order chi connectivity index (χ1) is 17.9. The van der Waals surface area contributed by atoms with E-state index < -0.39 is 5.92 Å². The number of carbonyl (C=O) groups excluding carboxylic acids is 3. The Bertz CT molecular complexity index is 1290. The van der Waals surface area contributed by atoms with E-state index in [1.165, 1.54) is 0 Å². The van der Waals surface area contributed by atoms with Crippen LogP contribution in [0.25, 0.3) is 0 Å². The number of rotatable bonds is 6. The molecule has 1 heterocycles. The number of carbonyl (C=O) groups is 3. The Balaban J connectivity index is 1.52. The Morgan fingerprint density at radius 1 is 1.00 bits per heavy atom. The van der Waals surface area contributed by atoms with Crippen LogP contribution in [0.4, 0.5) is 5.69 Å². The van der Waals surface area contributed by atoms with Crippen LogP contribution in [-0.2, 0) is 14.4 Å². The number of halogens is 2. The molecule has 2 aromatic rings. The van der Waals surface area contributed by atoms with E-state index in [0.29, 0.717) is 40.4 Å². The van der Waals surface area contributed by atoms with Gasteiger partial charge in [0.1, 0.15) is 5.75 Å². The Labute approximate surface area is 229 Å². The Kier molecular flexibility index (Phi) is 7.54. The van der Waals surface area contributed by atoms with Crippen molar-refractivity contribution in [3.05, 3.63) is 80.1 Å². The third-order valence-corrected chi connectivity index (χ3v) is 7.92. The molecule has 0 fully saturated rings. The van der Waals surface area contributed by atoms with Crippen molar-refractivity contribution >= 4 is 50.7 Å². The lowest BCUT2D eigenvalue weighted by molar-refractivity contribution is -0.119. The van der Waals surface area contributed by atoms with Gasteiger partial charge in [-0.25, -0.2) is 0 Å². The van der Waals surface area contributed by atoms with Crippen LogP contribution < -0.4 is 10.1 Å². The molecule has 0 aromatic heterocycles. The highest BCUT2D eigenvalue weighted by molar-refractivity contribution is 9.10. The molecule has 0 unspecified atom stereocenters. The van der Waals surface area contributed by atoms with E-state index in [2.05, 4.69) is 33.1 Å². The second-order valence-corrected chi connectivity index (χ2v) is 10.8. The standard InChI is InChI=1S/C29H28BrClN2O4/c1-2-33-21-5-3-7-23(34)28(21)27(29-22(33)6-4-8-24(29)35)20-15-17(30)9-14-25(20)37-16-26(36)32-19-12-10-18(31)11-13-19/h9-15,27H,2-8,16H2,1H3,(H,32,36). The predicted octanol–water partition coefficient (Wildman–Crippen LogP) is 6.55. The fourth-order valence-electron chi connectivity index (χ4n) is 5.66. The van der Waals surface area contributed by atoms with Gasteiger partial charge in [-0.3, -0.25) is 14.4 Å². The lowest BCUT2D eigenvalue weighted by Gasteiger charge is -2.43. The van der Waals surface area contributed by atoms with Crippen molar-refractivity contribution < 1.29 is 19.1 Å². The summed E-state index contributed by atoms with van der Waals surface area (Å²) in [6.07, 6.45) is 4.18. The minimum atomic E-state index is -0.500. The molecular formula is C29H28BrClN2O4. The zero-order valence-corrected chi connectivity index (χ0v) is 23.0. The summed E-state index contributed by atoms with van der Waals surface area (Å²) in [6.45, 7) is 2.57. The highest BCUT2D eigenvalue weighted by Gasteiger charge is 2.43. The van der Waals surface area contributed by atoms with Crippen molar-refractivity contribution in [3.8, 4) is 5.75 Å². The van der Waals surface area contributed by atoms with E-state index in [4.69, 9.17) is 16.3 Å². The van der Waals surface area contributed by atoms with Crippen LogP contribution in [0.2, 0.25) is 5.02 Å². The average molecular weight is 584 g/mol. The molecule has 1 N–H and O–H groups in total. The van der Waals surface area contributed by atoms with E-state index in [-0.39, 0.29) is 24.1 Å². The van der Waals surface area contributed by atoms with Crippen LogP contribution in [0.1, 0.15) is 56.9 Å². The zero-order valence-electron chi connectivity index (χ0n) is 20.6. The molecule has 0 saturated heterocycles. The van der Waals surface area contributed by atoms with Gasteiger partial charge >= 0.3 is 0 Å². The smallest absolute Gasteiger partial charge is 0.262 e. The molecule has 0 saturated carbocycles. The maximum absolute atomic E-state index is 13.4. The molecule has 2 aromatic carbocycles. The third kappa shape index (κ3) is 5.12. The molecule has 1 aliphatic heterocycles. The van der Waals surface area contributed by atoms with Gasteiger partial charge in [0, 0.05) is 68.6 Å². The van der Waals surface area contributed by atoms with Gasteiger partial charge in [-0.05, 0) is 75.1 Å². The maximum Gasteiger partial charge on any atom is 0.262 e. The third-order valence-electron chi connectivity index (χ3n) is 7.17. The number of allylic oxidation sites excluding steroid dienone is 4. The number of anilines is 1. The van der Waals surface area contributed by atoms with Crippen LogP contribution >= 0.6 is 27.5 Å². The maximum atomic E-state index is 13.4. The lowest BCUT2D eigenvalue weighted by atomic mass is 9.70. The van der Waals surface area contributed by atoms with Gasteiger partial charge in [0.15, 0.2) is 18.2 Å². The molecule has 0 radical (unpaired) electrons. The normalized spacial score (nSPS) is 18.1. The molecule has 192 valence electrons. The molecule has 5 rings (SSSR count). The number of nitrogens with one attached hydrogen (secondary N) is 1. The summed E-state index contributed by atoms with van der Waals surface area (Å²) in [4.78, 5) is 41.7. The zero-order chi connectivity index (χ0) is 26.1. The summed E-state index contributed by atoms with van der Waals surface area (Å²) in [5.74, 6) is -0.165. The van der Waals surface area contributed by atoms with E-state index in [9.17, 15) is 14.4 Å². The summed E-state index contributed by atoms with van der Waals surface area (Å²) in [5, 5.41) is 3.39. The molecule has 2 aliphatic carbocycles. The van der Waals surface area contributed by atoms with Gasteiger partial charge < -0.3 is 15.0 Å². The van der Waals surface area contributed by atoms with Gasteiger partial charge in [0.2, 0.25) is 0 Å². The SMILES string of the molecule is CCN1C2=C(C(=O)CCC2)C(c2cc(Br)ccc2OCC(=O)Nc2ccc(Cl)cc2)C2=C1CCCC2=O. The van der Waals surface area contributed by atoms with Crippen molar-refractivity contribution in [3.63, 3.8) is 0 Å². The molecule has 8 heteroatoms. The monoisotopic (exact) mass is 582 g/mol. The summed E-state index contributed by atoms with van der Waals surface area (Å²) < 4.78 is 6.86. The number of ketones is 2. The molecular weight excluding hydrogens is 556 g/mol. The molecule has 1 amide bonds. The van der Waals surface area contributed by atoms with E-state index in [1.807, 2.05) is 12.1 Å². The second-order valence-electron chi connectivity index (χ2n) is 9.48. The predicted molar refractivity (Wildman–Crippen MR) is 147 cm³/mol. The summed E-state index contributed by atoms with van der Waals surface area (Å²) in [6, 6.07) is 12.4. The van der Waals surface area contributed by atoms with E-state index in [0.717, 1.165) is 53.7 Å². The molecule has 0 bridgehead atoms. The summed E-state index contributed by atoms with van der Waals surface area (Å²) in [7, 11) is 0. The average Bonchev–Trinajstić information content (AvgIpc) is 2.88. The van der Waals surface area contributed by atoms with E-state index in [1.54, 1.807) is 30.3 Å². The minimum absolute atomic E-state index is 0.0843. The molecule has 0 atom stereocenters. The van der Waals surface area contributed by atoms with Gasteiger partial charge in [-0.15, -0.1) is 0 Å². The summed E-state index contributed by atoms with van der Waals surface area (Å²) in [5.41, 5.74) is 4.82. The largest absolute Gasteiger partial charge is 0.483 e. The topological polar surface area (TPSA) is 75.7 Å². The van der Waals surface area contributed by atoms with Gasteiger partial charge in [0.25, 0.3) is 5.91 Å². The highest BCUT2D eigenvalue weighted by Crippen LogP contribution is 2.51. The first kappa shape index (κ1) is 25.7. The van der Waals surface area contributed by atoms with Crippen LogP contribution in [0.5, 0.6) is 5.75 Å². The van der Waals surface area contributed by atoms with Crippen molar-refractivity contribution in [1.29, 1.82) is 0 Å². The van der Waals surface area contributed by atoms with Crippen molar-refractivity contribution in [2.45, 2.75) is 51.4 Å². The van der Waals surface area contributed by atoms with Crippen molar-refractivity contribution in [1.82, 2.24) is 4.90 Å². The number of Topliss-reactive ketones (excluding diaryl/α,β-unsaturated/α-hetero) is 2. The van der Waals surface area contributed by atoms with Crippen LogP contribution in [0, 0.1) is 0 Å². The molecule has 6 nitrogen and oxygen atoms in total. The van der Waals surface area contributed by atoms with Crippen LogP contribution in [-0.4, -0.2) is 35.5 Å². The van der Waals surface area contributed by atoms with Gasteiger partial charge in [-0.1, -0.05) is 27.5 Å². The second kappa shape index (κ2) is 10.8. The van der Waals surface area contributed by atoms with Gasteiger partial charge in [0.05, 0.1) is 0 Å². The summed E-state index contributed by atoms with van der Waals surface area (Å²) >= 11 is 9.50. The van der Waals surface area contributed by atoms with Crippen LogP contribution in [0.15, 0.2) is 69.5 Å². The fraction of sp³-hybridized carbons (Fsp3) is 0.345. The quantitative estimate of drug-likeness (QED) is 0.417. The number of ether oxygens (including phenoxy) is 1. The Hall–Kier alpha value is -2.90. The Morgan fingerprint density at radius 2 is 1.62 bits per heavy atom. The van der Waals surface area contributed by atoms with Gasteiger partial charge in [-0.2, -0.15) is 0 Å². The number of hydrogen-bond donors (Lipinski definition) is 1.